The summed E-state index contributed by atoms with van der Waals surface area (Å²) in [6.07, 6.45) is 0. The van der Waals surface area contributed by atoms with Crippen molar-refractivity contribution in [2.75, 3.05) is 6.61 Å². The number of hydrogen-bond donors (Lipinski definition) is 2. The van der Waals surface area contributed by atoms with Crippen LogP contribution in [0.15, 0.2) is 24.3 Å². The number of benzene rings is 1. The van der Waals surface area contributed by atoms with Gasteiger partial charge in [-0.1, -0.05) is 24.3 Å². The minimum absolute atomic E-state index is 0.0803. The molecular formula is C12H19NO2. The van der Waals surface area contributed by atoms with E-state index < -0.39 is 0 Å². The van der Waals surface area contributed by atoms with Crippen LogP contribution in [0.5, 0.6) is 0 Å². The number of rotatable bonds is 5. The molecule has 1 aromatic rings. The van der Waals surface area contributed by atoms with Crippen LogP contribution in [0.1, 0.15) is 25.0 Å². The Morgan fingerprint density at radius 1 is 1.20 bits per heavy atom. The molecule has 84 valence electrons. The van der Waals surface area contributed by atoms with Crippen molar-refractivity contribution < 1.29 is 9.84 Å². The van der Waals surface area contributed by atoms with E-state index in [4.69, 9.17) is 15.6 Å². The Bertz CT molecular complexity index is 287. The summed E-state index contributed by atoms with van der Waals surface area (Å²) in [4.78, 5) is 0. The van der Waals surface area contributed by atoms with Crippen LogP contribution in [-0.4, -0.2) is 17.3 Å². The molecule has 3 heteroatoms. The molecule has 3 N–H and O–H groups in total. The summed E-state index contributed by atoms with van der Waals surface area (Å²) in [5.41, 5.74) is 7.51. The Morgan fingerprint density at radius 2 is 1.73 bits per heavy atom. The molecule has 1 rings (SSSR count). The Hall–Kier alpha value is -0.900. The van der Waals surface area contributed by atoms with Gasteiger partial charge in [0, 0.05) is 5.54 Å². The molecule has 0 aromatic heterocycles. The van der Waals surface area contributed by atoms with E-state index in [1.54, 1.807) is 0 Å². The first-order valence-corrected chi connectivity index (χ1v) is 5.06. The Kier molecular flexibility index (Phi) is 4.27. The van der Waals surface area contributed by atoms with Gasteiger partial charge < -0.3 is 15.6 Å². The van der Waals surface area contributed by atoms with Gasteiger partial charge in [0.15, 0.2) is 0 Å². The lowest BCUT2D eigenvalue weighted by molar-refractivity contribution is 0.0851. The van der Waals surface area contributed by atoms with E-state index in [1.165, 1.54) is 0 Å². The quantitative estimate of drug-likeness (QED) is 0.771. The first-order chi connectivity index (χ1) is 7.01. The standard InChI is InChI=1S/C12H19NO2/c1-12(2,13)9-15-8-11-5-3-10(7-14)4-6-11/h3-6,14H,7-9,13H2,1-2H3. The molecule has 15 heavy (non-hydrogen) atoms. The van der Waals surface area contributed by atoms with Crippen molar-refractivity contribution in [3.05, 3.63) is 35.4 Å². The van der Waals surface area contributed by atoms with Crippen LogP contribution in [0.2, 0.25) is 0 Å². The van der Waals surface area contributed by atoms with E-state index in [0.29, 0.717) is 13.2 Å². The molecule has 3 nitrogen and oxygen atoms in total. The molecule has 0 saturated carbocycles. The second kappa shape index (κ2) is 5.26. The lowest BCUT2D eigenvalue weighted by Crippen LogP contribution is -2.37. The van der Waals surface area contributed by atoms with Gasteiger partial charge in [0.1, 0.15) is 0 Å². The number of hydrogen-bond acceptors (Lipinski definition) is 3. The van der Waals surface area contributed by atoms with Gasteiger partial charge in [-0.05, 0) is 25.0 Å². The fourth-order valence-corrected chi connectivity index (χ4v) is 1.17. The van der Waals surface area contributed by atoms with Gasteiger partial charge in [-0.2, -0.15) is 0 Å². The Morgan fingerprint density at radius 3 is 2.20 bits per heavy atom. The molecule has 0 amide bonds. The van der Waals surface area contributed by atoms with E-state index in [2.05, 4.69) is 0 Å². The van der Waals surface area contributed by atoms with E-state index >= 15 is 0 Å². The van der Waals surface area contributed by atoms with Crippen molar-refractivity contribution in [3.63, 3.8) is 0 Å². The summed E-state index contributed by atoms with van der Waals surface area (Å²) in [5, 5.41) is 8.86. The van der Waals surface area contributed by atoms with Crippen LogP contribution in [-0.2, 0) is 18.0 Å². The maximum atomic E-state index is 8.86. The fraction of sp³-hybridized carbons (Fsp3) is 0.500. The largest absolute Gasteiger partial charge is 0.392 e. The highest BCUT2D eigenvalue weighted by Crippen LogP contribution is 2.07. The minimum Gasteiger partial charge on any atom is -0.392 e. The number of aliphatic hydroxyl groups excluding tert-OH is 1. The lowest BCUT2D eigenvalue weighted by Gasteiger charge is -2.18. The predicted octanol–water partition coefficient (Wildman–Crippen LogP) is 1.43. The first-order valence-electron chi connectivity index (χ1n) is 5.06. The van der Waals surface area contributed by atoms with E-state index in [0.717, 1.165) is 11.1 Å². The lowest BCUT2D eigenvalue weighted by atomic mass is 10.1. The molecule has 0 aliphatic rings. The average Bonchev–Trinajstić information content (AvgIpc) is 2.17. The van der Waals surface area contributed by atoms with Gasteiger partial charge >= 0.3 is 0 Å². The van der Waals surface area contributed by atoms with Crippen LogP contribution in [0.4, 0.5) is 0 Å². The van der Waals surface area contributed by atoms with Crippen molar-refractivity contribution >= 4 is 0 Å². The number of ether oxygens (including phenoxy) is 1. The molecule has 0 fully saturated rings. The maximum Gasteiger partial charge on any atom is 0.0717 e. The topological polar surface area (TPSA) is 55.5 Å². The summed E-state index contributed by atoms with van der Waals surface area (Å²) < 4.78 is 5.47. The number of nitrogens with two attached hydrogens (primary N) is 1. The Labute approximate surface area is 90.9 Å². The van der Waals surface area contributed by atoms with Gasteiger partial charge in [-0.25, -0.2) is 0 Å². The summed E-state index contributed by atoms with van der Waals surface area (Å²) in [6, 6.07) is 7.70. The van der Waals surface area contributed by atoms with Gasteiger partial charge in [-0.3, -0.25) is 0 Å². The van der Waals surface area contributed by atoms with Gasteiger partial charge in [0.25, 0.3) is 0 Å². The summed E-state index contributed by atoms with van der Waals surface area (Å²) in [7, 11) is 0. The maximum absolute atomic E-state index is 8.86. The van der Waals surface area contributed by atoms with Gasteiger partial charge in [-0.15, -0.1) is 0 Å². The third-order valence-corrected chi connectivity index (χ3v) is 1.95. The average molecular weight is 209 g/mol. The molecule has 0 atom stereocenters. The molecule has 0 radical (unpaired) electrons. The van der Waals surface area contributed by atoms with Crippen molar-refractivity contribution in [1.82, 2.24) is 0 Å². The zero-order chi connectivity index (χ0) is 11.3. The predicted molar refractivity (Wildman–Crippen MR) is 60.3 cm³/mol. The van der Waals surface area contributed by atoms with Crippen LogP contribution >= 0.6 is 0 Å². The van der Waals surface area contributed by atoms with Crippen LogP contribution in [0, 0.1) is 0 Å². The van der Waals surface area contributed by atoms with Crippen molar-refractivity contribution in [2.45, 2.75) is 32.6 Å². The van der Waals surface area contributed by atoms with E-state index in [-0.39, 0.29) is 12.1 Å². The molecule has 1 aromatic carbocycles. The first kappa shape index (κ1) is 12.2. The Balaban J connectivity index is 2.38. The smallest absolute Gasteiger partial charge is 0.0717 e. The highest BCUT2D eigenvalue weighted by Gasteiger charge is 2.09. The molecule has 0 bridgehead atoms. The second-order valence-electron chi connectivity index (χ2n) is 4.46. The second-order valence-corrected chi connectivity index (χ2v) is 4.46. The molecule has 0 unspecified atom stereocenters. The monoisotopic (exact) mass is 209 g/mol. The molecule has 0 saturated heterocycles. The van der Waals surface area contributed by atoms with Gasteiger partial charge in [0.05, 0.1) is 19.8 Å². The van der Waals surface area contributed by atoms with Crippen molar-refractivity contribution in [3.8, 4) is 0 Å². The summed E-state index contributed by atoms with van der Waals surface area (Å²) in [5.74, 6) is 0. The fourth-order valence-electron chi connectivity index (χ4n) is 1.17. The molecule has 0 aliphatic carbocycles. The van der Waals surface area contributed by atoms with E-state index in [1.807, 2.05) is 38.1 Å². The molecule has 0 heterocycles. The van der Waals surface area contributed by atoms with Crippen LogP contribution in [0.3, 0.4) is 0 Å². The van der Waals surface area contributed by atoms with E-state index in [9.17, 15) is 0 Å². The highest BCUT2D eigenvalue weighted by molar-refractivity contribution is 5.21. The van der Waals surface area contributed by atoms with Gasteiger partial charge in [0.2, 0.25) is 0 Å². The summed E-state index contributed by atoms with van der Waals surface area (Å²) in [6.45, 7) is 5.04. The zero-order valence-electron chi connectivity index (χ0n) is 9.36. The molecule has 0 aliphatic heterocycles. The van der Waals surface area contributed by atoms with Crippen molar-refractivity contribution in [1.29, 1.82) is 0 Å². The molecular weight excluding hydrogens is 190 g/mol. The third-order valence-electron chi connectivity index (χ3n) is 1.95. The minimum atomic E-state index is -0.287. The van der Waals surface area contributed by atoms with Crippen molar-refractivity contribution in [2.24, 2.45) is 5.73 Å². The SMILES string of the molecule is CC(C)(N)COCc1ccc(CO)cc1. The third kappa shape index (κ3) is 4.93. The zero-order valence-corrected chi connectivity index (χ0v) is 9.36. The molecule has 0 spiro atoms. The highest BCUT2D eigenvalue weighted by atomic mass is 16.5. The van der Waals surface area contributed by atoms with Crippen LogP contribution in [0.25, 0.3) is 0 Å². The normalized spacial score (nSPS) is 11.7. The number of aliphatic hydroxyl groups is 1. The summed E-state index contributed by atoms with van der Waals surface area (Å²) >= 11 is 0. The van der Waals surface area contributed by atoms with Crippen LogP contribution < -0.4 is 5.73 Å².